The fraction of sp³-hybridized carbons (Fsp3) is 0.111. The number of phenolic OH excluding ortho intramolecular Hbond substituents is 2. The molecule has 0 spiro atoms. The molecule has 0 bridgehead atoms. The van der Waals surface area contributed by atoms with Gasteiger partial charge in [0.2, 0.25) is 11.2 Å². The van der Waals surface area contributed by atoms with E-state index in [-0.39, 0.29) is 11.5 Å². The molecule has 0 saturated carbocycles. The third-order valence-corrected chi connectivity index (χ3v) is 3.84. The van der Waals surface area contributed by atoms with Gasteiger partial charge in [-0.1, -0.05) is 12.1 Å². The van der Waals surface area contributed by atoms with Crippen molar-refractivity contribution in [2.24, 2.45) is 12.0 Å². The number of fused-ring (bicyclic) bond motifs is 1. The molecule has 110 valence electrons. The molecule has 0 aliphatic carbocycles. The van der Waals surface area contributed by atoms with E-state index < -0.39 is 0 Å². The van der Waals surface area contributed by atoms with Crippen LogP contribution in [-0.2, 0) is 7.05 Å². The maximum absolute atomic E-state index is 9.75. The van der Waals surface area contributed by atoms with Crippen LogP contribution < -0.4 is 4.57 Å². The van der Waals surface area contributed by atoms with E-state index in [1.54, 1.807) is 19.2 Å². The first-order chi connectivity index (χ1) is 10.6. The molecule has 2 aromatic carbocycles. The first-order valence-electron chi connectivity index (χ1n) is 7.01. The summed E-state index contributed by atoms with van der Waals surface area (Å²) < 4.78 is 2.06. The monoisotopic (exact) mass is 293 g/mol. The summed E-state index contributed by atoms with van der Waals surface area (Å²) >= 11 is 0. The maximum Gasteiger partial charge on any atom is 0.223 e. The largest absolute Gasteiger partial charge is 0.504 e. The van der Waals surface area contributed by atoms with Crippen molar-refractivity contribution in [3.05, 3.63) is 59.8 Å². The number of aryl methyl sites for hydroxylation is 1. The van der Waals surface area contributed by atoms with Crippen LogP contribution in [0, 0.1) is 6.92 Å². The van der Waals surface area contributed by atoms with Crippen molar-refractivity contribution in [1.29, 1.82) is 0 Å². The van der Waals surface area contributed by atoms with Crippen molar-refractivity contribution in [2.75, 3.05) is 0 Å². The highest BCUT2D eigenvalue weighted by Gasteiger charge is 2.10. The van der Waals surface area contributed by atoms with Crippen LogP contribution >= 0.6 is 0 Å². The Morgan fingerprint density at radius 2 is 1.77 bits per heavy atom. The van der Waals surface area contributed by atoms with Crippen molar-refractivity contribution >= 4 is 22.8 Å². The molecule has 0 aliphatic heterocycles. The Bertz CT molecular complexity index is 886. The number of aromatic hydroxyl groups is 2. The Kier molecular flexibility index (Phi) is 3.51. The number of rotatable bonds is 2. The zero-order valence-electron chi connectivity index (χ0n) is 12.5. The zero-order chi connectivity index (χ0) is 15.7. The lowest BCUT2D eigenvalue weighted by Gasteiger charge is -2.04. The fourth-order valence-corrected chi connectivity index (χ4v) is 2.44. The second kappa shape index (κ2) is 5.48. The molecule has 0 aliphatic rings. The lowest BCUT2D eigenvalue weighted by atomic mass is 10.1. The fourth-order valence-electron chi connectivity index (χ4n) is 2.44. The van der Waals surface area contributed by atoms with Gasteiger partial charge in [-0.25, -0.2) is 4.99 Å². The number of aromatic nitrogens is 1. The highest BCUT2D eigenvalue weighted by atomic mass is 16.3. The maximum atomic E-state index is 9.75. The normalized spacial score (nSPS) is 11.4. The summed E-state index contributed by atoms with van der Waals surface area (Å²) in [6.07, 6.45) is 1.76. The highest BCUT2D eigenvalue weighted by molar-refractivity contribution is 5.83. The Labute approximate surface area is 128 Å². The van der Waals surface area contributed by atoms with Gasteiger partial charge in [0.15, 0.2) is 11.5 Å². The summed E-state index contributed by atoms with van der Waals surface area (Å²) in [6, 6.07) is 15.3. The third-order valence-electron chi connectivity index (χ3n) is 3.84. The number of benzene rings is 2. The Hall–Kier alpha value is -2.88. The number of hydrogen-bond acceptors (Lipinski definition) is 3. The molecule has 4 heteroatoms. The summed E-state index contributed by atoms with van der Waals surface area (Å²) in [5.74, 6) is -0.259. The minimum Gasteiger partial charge on any atom is -0.504 e. The average molecular weight is 293 g/mol. The van der Waals surface area contributed by atoms with Crippen LogP contribution in [0.1, 0.15) is 11.3 Å². The molecule has 0 atom stereocenters. The average Bonchev–Trinajstić information content (AvgIpc) is 2.54. The molecule has 3 aromatic rings. The van der Waals surface area contributed by atoms with Gasteiger partial charge in [0, 0.05) is 23.1 Å². The van der Waals surface area contributed by atoms with Gasteiger partial charge in [0.05, 0.1) is 11.9 Å². The smallest absolute Gasteiger partial charge is 0.223 e. The van der Waals surface area contributed by atoms with E-state index in [0.29, 0.717) is 11.3 Å². The first-order valence-corrected chi connectivity index (χ1v) is 7.01. The molecule has 0 amide bonds. The Morgan fingerprint density at radius 1 is 1.00 bits per heavy atom. The number of aliphatic imine (C=N–C) groups is 1. The zero-order valence-corrected chi connectivity index (χ0v) is 12.5. The second-order valence-electron chi connectivity index (χ2n) is 5.21. The van der Waals surface area contributed by atoms with E-state index in [1.807, 2.05) is 25.2 Å². The third kappa shape index (κ3) is 2.39. The summed E-state index contributed by atoms with van der Waals surface area (Å²) in [7, 11) is 1.99. The molecule has 1 heterocycles. The van der Waals surface area contributed by atoms with Gasteiger partial charge in [-0.15, -0.1) is 0 Å². The highest BCUT2D eigenvalue weighted by Crippen LogP contribution is 2.34. The topological polar surface area (TPSA) is 56.7 Å². The molecule has 2 N–H and O–H groups in total. The van der Waals surface area contributed by atoms with Crippen LogP contribution in [0.2, 0.25) is 0 Å². The van der Waals surface area contributed by atoms with E-state index in [2.05, 4.69) is 27.8 Å². The summed E-state index contributed by atoms with van der Waals surface area (Å²) in [6.45, 7) is 1.72. The Balaban J connectivity index is 2.03. The first kappa shape index (κ1) is 14.1. The molecule has 0 fully saturated rings. The van der Waals surface area contributed by atoms with Gasteiger partial charge < -0.3 is 10.2 Å². The molecular weight excluding hydrogens is 276 g/mol. The molecule has 1 aromatic heterocycles. The lowest BCUT2D eigenvalue weighted by Crippen LogP contribution is -2.34. The van der Waals surface area contributed by atoms with Gasteiger partial charge in [-0.05, 0) is 31.2 Å². The van der Waals surface area contributed by atoms with Crippen molar-refractivity contribution in [3.63, 3.8) is 0 Å². The summed E-state index contributed by atoms with van der Waals surface area (Å²) in [5.41, 5.74) is 3.26. The molecule has 3 rings (SSSR count). The predicted octanol–water partition coefficient (Wildman–Crippen LogP) is 3.13. The quantitative estimate of drug-likeness (QED) is 0.433. The van der Waals surface area contributed by atoms with E-state index in [0.717, 1.165) is 11.2 Å². The number of pyridine rings is 1. The lowest BCUT2D eigenvalue weighted by molar-refractivity contribution is -0.645. The van der Waals surface area contributed by atoms with Gasteiger partial charge in [-0.3, -0.25) is 0 Å². The van der Waals surface area contributed by atoms with Crippen LogP contribution in [0.4, 0.5) is 5.69 Å². The van der Waals surface area contributed by atoms with E-state index in [1.165, 1.54) is 11.5 Å². The number of hydrogen-bond donors (Lipinski definition) is 2. The molecule has 22 heavy (non-hydrogen) atoms. The minimum absolute atomic E-state index is 0.127. The molecule has 0 unspecified atom stereocenters. The van der Waals surface area contributed by atoms with Crippen molar-refractivity contribution in [1.82, 2.24) is 0 Å². The van der Waals surface area contributed by atoms with E-state index in [9.17, 15) is 10.2 Å². The van der Waals surface area contributed by atoms with E-state index in [4.69, 9.17) is 0 Å². The second-order valence-corrected chi connectivity index (χ2v) is 5.21. The van der Waals surface area contributed by atoms with Crippen molar-refractivity contribution in [2.45, 2.75) is 6.92 Å². The van der Waals surface area contributed by atoms with Crippen LogP contribution in [0.25, 0.3) is 10.9 Å². The van der Waals surface area contributed by atoms with Gasteiger partial charge in [0.1, 0.15) is 7.05 Å². The molecule has 4 nitrogen and oxygen atoms in total. The SMILES string of the molecule is Cc1c(N=Cc2ccc3ccccc3[n+]2C)ccc(O)c1O. The number of para-hydroxylation sites is 1. The predicted molar refractivity (Wildman–Crippen MR) is 86.9 cm³/mol. The van der Waals surface area contributed by atoms with Gasteiger partial charge in [0.25, 0.3) is 0 Å². The standard InChI is InChI=1S/C18H16N2O2/c1-12-15(9-10-17(21)18(12)22)19-11-14-8-7-13-5-3-4-6-16(13)20(14)2/h3-11H,1-2H3,(H,19,22)/p+1. The number of nitrogens with zero attached hydrogens (tertiary/aromatic N) is 2. The van der Waals surface area contributed by atoms with Gasteiger partial charge in [-0.2, -0.15) is 4.57 Å². The van der Waals surface area contributed by atoms with E-state index >= 15 is 0 Å². The van der Waals surface area contributed by atoms with Gasteiger partial charge >= 0.3 is 0 Å². The number of phenols is 2. The van der Waals surface area contributed by atoms with Crippen LogP contribution in [0.5, 0.6) is 11.5 Å². The Morgan fingerprint density at radius 3 is 2.59 bits per heavy atom. The van der Waals surface area contributed by atoms with Crippen molar-refractivity contribution in [3.8, 4) is 11.5 Å². The van der Waals surface area contributed by atoms with Crippen molar-refractivity contribution < 1.29 is 14.8 Å². The minimum atomic E-state index is -0.132. The molecule has 0 saturated heterocycles. The van der Waals surface area contributed by atoms with Crippen LogP contribution in [-0.4, -0.2) is 16.4 Å². The molecular formula is C18H17N2O2+. The van der Waals surface area contributed by atoms with Crippen LogP contribution in [0.15, 0.2) is 53.5 Å². The molecule has 0 radical (unpaired) electrons. The summed E-state index contributed by atoms with van der Waals surface area (Å²) in [5, 5.41) is 20.4. The van der Waals surface area contributed by atoms with Crippen LogP contribution in [0.3, 0.4) is 0 Å². The summed E-state index contributed by atoms with van der Waals surface area (Å²) in [4.78, 5) is 4.43.